The van der Waals surface area contributed by atoms with Crippen LogP contribution in [0.15, 0.2) is 54.1 Å². The van der Waals surface area contributed by atoms with Crippen molar-refractivity contribution in [1.82, 2.24) is 0 Å². The first kappa shape index (κ1) is 21.5. The highest BCUT2D eigenvalue weighted by atomic mass is 32.1. The zero-order chi connectivity index (χ0) is 20.8. The van der Waals surface area contributed by atoms with Crippen molar-refractivity contribution in [2.24, 2.45) is 11.8 Å². The van der Waals surface area contributed by atoms with Gasteiger partial charge in [0.1, 0.15) is 0 Å². The molecule has 1 heterocycles. The molecule has 3 rings (SSSR count). The minimum absolute atomic E-state index is 0.0808. The summed E-state index contributed by atoms with van der Waals surface area (Å²) in [5.74, 6) is -0.512. The van der Waals surface area contributed by atoms with Gasteiger partial charge in [0.15, 0.2) is 5.78 Å². The number of hydrogen-bond donors (Lipinski definition) is 2. The molecule has 1 aromatic carbocycles. The summed E-state index contributed by atoms with van der Waals surface area (Å²) in [5.41, 5.74) is 1.10. The molecule has 0 radical (unpaired) electrons. The largest absolute Gasteiger partial charge is 0.481 e. The van der Waals surface area contributed by atoms with Gasteiger partial charge >= 0.3 is 5.97 Å². The Labute approximate surface area is 175 Å². The van der Waals surface area contributed by atoms with Crippen LogP contribution in [0.25, 0.3) is 10.1 Å². The van der Waals surface area contributed by atoms with Crippen molar-refractivity contribution in [2.75, 3.05) is 0 Å². The number of carbonyl (C=O) groups excluding carboxylic acids is 1. The second-order valence-corrected chi connectivity index (χ2v) is 8.89. The zero-order valence-corrected chi connectivity index (χ0v) is 17.5. The number of aliphatic hydroxyl groups excluding tert-OH is 1. The summed E-state index contributed by atoms with van der Waals surface area (Å²) in [6, 6.07) is 10.1. The standard InChI is InChI=1S/C24H28O4S/c1-16-14-21(26)19(18(16)9-4-2-3-5-11-24(27)28)12-13-20(25)23-15-17-8-6-7-10-22(17)29-23/h2,4,6-8,10,14-15,18-20,25H,3,5,9,11-13H2,1H3,(H,27,28)/t18-,19+,20+/m0/s1. The lowest BCUT2D eigenvalue weighted by molar-refractivity contribution is -0.137. The molecule has 0 saturated heterocycles. The number of carboxylic acids is 1. The third kappa shape index (κ3) is 5.64. The molecule has 0 amide bonds. The summed E-state index contributed by atoms with van der Waals surface area (Å²) in [5, 5.41) is 20.5. The van der Waals surface area contributed by atoms with Gasteiger partial charge in [0.05, 0.1) is 6.10 Å². The number of allylic oxidation sites excluding steroid dienone is 4. The number of ketones is 1. The third-order valence-electron chi connectivity index (χ3n) is 5.65. The second-order valence-electron chi connectivity index (χ2n) is 7.78. The van der Waals surface area contributed by atoms with E-state index in [9.17, 15) is 14.7 Å². The van der Waals surface area contributed by atoms with Crippen molar-refractivity contribution >= 4 is 33.2 Å². The van der Waals surface area contributed by atoms with E-state index in [1.165, 1.54) is 4.70 Å². The molecule has 0 unspecified atom stereocenters. The number of aliphatic hydroxyl groups is 1. The highest BCUT2D eigenvalue weighted by molar-refractivity contribution is 7.19. The van der Waals surface area contributed by atoms with Crippen LogP contribution >= 0.6 is 11.3 Å². The number of thiophene rings is 1. The van der Waals surface area contributed by atoms with E-state index in [1.807, 2.05) is 31.2 Å². The van der Waals surface area contributed by atoms with Gasteiger partial charge in [0.2, 0.25) is 0 Å². The Hall–Kier alpha value is -2.24. The highest BCUT2D eigenvalue weighted by Gasteiger charge is 2.33. The smallest absolute Gasteiger partial charge is 0.303 e. The summed E-state index contributed by atoms with van der Waals surface area (Å²) >= 11 is 1.61. The SMILES string of the molecule is CC1=CC(=O)[C@H](CC[C@@H](O)c2cc3ccccc3s2)[C@H]1CC=CCCCC(=O)O. The Bertz CT molecular complexity index is 891. The zero-order valence-electron chi connectivity index (χ0n) is 16.7. The van der Waals surface area contributed by atoms with E-state index in [0.29, 0.717) is 19.3 Å². The Morgan fingerprint density at radius 1 is 1.24 bits per heavy atom. The van der Waals surface area contributed by atoms with Crippen molar-refractivity contribution in [3.05, 3.63) is 59.0 Å². The van der Waals surface area contributed by atoms with E-state index >= 15 is 0 Å². The summed E-state index contributed by atoms with van der Waals surface area (Å²) in [6.45, 7) is 2.00. The van der Waals surface area contributed by atoms with Crippen LogP contribution in [0.1, 0.15) is 56.4 Å². The van der Waals surface area contributed by atoms with Crippen LogP contribution < -0.4 is 0 Å². The number of hydrogen-bond acceptors (Lipinski definition) is 4. The minimum atomic E-state index is -0.768. The molecule has 3 atom stereocenters. The lowest BCUT2D eigenvalue weighted by Crippen LogP contribution is -2.17. The number of fused-ring (bicyclic) bond motifs is 1. The first-order valence-corrected chi connectivity index (χ1v) is 11.0. The maximum absolute atomic E-state index is 12.5. The van der Waals surface area contributed by atoms with Crippen molar-refractivity contribution < 1.29 is 19.8 Å². The van der Waals surface area contributed by atoms with E-state index in [4.69, 9.17) is 5.11 Å². The van der Waals surface area contributed by atoms with Gasteiger partial charge in [-0.15, -0.1) is 11.3 Å². The molecule has 4 nitrogen and oxygen atoms in total. The van der Waals surface area contributed by atoms with Crippen LogP contribution in [0.5, 0.6) is 0 Å². The van der Waals surface area contributed by atoms with Gasteiger partial charge in [-0.05, 0) is 68.5 Å². The third-order valence-corrected chi connectivity index (χ3v) is 6.87. The van der Waals surface area contributed by atoms with Crippen molar-refractivity contribution in [3.8, 4) is 0 Å². The number of aliphatic carboxylic acids is 1. The van der Waals surface area contributed by atoms with Crippen molar-refractivity contribution in [2.45, 2.75) is 51.6 Å². The normalized spacial score (nSPS) is 20.5. The summed E-state index contributed by atoms with van der Waals surface area (Å²) < 4.78 is 1.17. The van der Waals surface area contributed by atoms with Gasteiger partial charge in [-0.2, -0.15) is 0 Å². The van der Waals surface area contributed by atoms with Gasteiger partial charge in [-0.25, -0.2) is 0 Å². The summed E-state index contributed by atoms with van der Waals surface area (Å²) in [6.07, 6.45) is 8.87. The Kier molecular flexibility index (Phi) is 7.40. The van der Waals surface area contributed by atoms with Gasteiger partial charge in [0.25, 0.3) is 0 Å². The lowest BCUT2D eigenvalue weighted by atomic mass is 9.84. The predicted molar refractivity (Wildman–Crippen MR) is 117 cm³/mol. The molecule has 0 fully saturated rings. The molecule has 1 aliphatic rings. The molecule has 29 heavy (non-hydrogen) atoms. The molecular formula is C24H28O4S. The quantitative estimate of drug-likeness (QED) is 0.389. The van der Waals surface area contributed by atoms with Crippen LogP contribution in [-0.4, -0.2) is 22.0 Å². The molecule has 2 aromatic rings. The first-order chi connectivity index (χ1) is 14.0. The van der Waals surface area contributed by atoms with Crippen molar-refractivity contribution in [1.29, 1.82) is 0 Å². The summed E-state index contributed by atoms with van der Waals surface area (Å²) in [7, 11) is 0. The molecule has 0 spiro atoms. The number of carbonyl (C=O) groups is 2. The first-order valence-electron chi connectivity index (χ1n) is 10.2. The van der Waals surface area contributed by atoms with Gasteiger partial charge in [0, 0.05) is 21.9 Å². The predicted octanol–water partition coefficient (Wildman–Crippen LogP) is 5.68. The minimum Gasteiger partial charge on any atom is -0.481 e. The fourth-order valence-electron chi connectivity index (χ4n) is 4.03. The molecule has 0 saturated carbocycles. The molecule has 5 heteroatoms. The number of benzene rings is 1. The lowest BCUT2D eigenvalue weighted by Gasteiger charge is -2.20. The topological polar surface area (TPSA) is 74.6 Å². The van der Waals surface area contributed by atoms with Crippen LogP contribution in [0, 0.1) is 11.8 Å². The highest BCUT2D eigenvalue weighted by Crippen LogP contribution is 2.38. The Morgan fingerprint density at radius 3 is 2.79 bits per heavy atom. The number of carboxylic acid groups (broad SMARTS) is 1. The number of rotatable bonds is 10. The number of unbranched alkanes of at least 4 members (excludes halogenated alkanes) is 1. The van der Waals surface area contributed by atoms with Gasteiger partial charge in [-0.3, -0.25) is 9.59 Å². The molecule has 0 aliphatic heterocycles. The van der Waals surface area contributed by atoms with Crippen LogP contribution in [0.4, 0.5) is 0 Å². The van der Waals surface area contributed by atoms with Gasteiger partial charge in [-0.1, -0.05) is 35.9 Å². The van der Waals surface area contributed by atoms with Crippen molar-refractivity contribution in [3.63, 3.8) is 0 Å². The van der Waals surface area contributed by atoms with Crippen LogP contribution in [0.3, 0.4) is 0 Å². The fourth-order valence-corrected chi connectivity index (χ4v) is 5.11. The average Bonchev–Trinajstić information content (AvgIpc) is 3.23. The van der Waals surface area contributed by atoms with Crippen LogP contribution in [0.2, 0.25) is 0 Å². The summed E-state index contributed by atoms with van der Waals surface area (Å²) in [4.78, 5) is 24.0. The fraction of sp³-hybridized carbons (Fsp3) is 0.417. The maximum atomic E-state index is 12.5. The van der Waals surface area contributed by atoms with E-state index in [1.54, 1.807) is 17.4 Å². The second kappa shape index (κ2) is 9.99. The molecule has 1 aromatic heterocycles. The molecule has 0 bridgehead atoms. The van der Waals surface area contributed by atoms with Crippen LogP contribution in [-0.2, 0) is 9.59 Å². The Morgan fingerprint density at radius 2 is 2.03 bits per heavy atom. The maximum Gasteiger partial charge on any atom is 0.303 e. The molecule has 1 aliphatic carbocycles. The van der Waals surface area contributed by atoms with E-state index in [-0.39, 0.29) is 24.0 Å². The van der Waals surface area contributed by atoms with E-state index in [0.717, 1.165) is 28.7 Å². The Balaban J connectivity index is 1.54. The monoisotopic (exact) mass is 412 g/mol. The molecular weight excluding hydrogens is 384 g/mol. The molecule has 154 valence electrons. The van der Waals surface area contributed by atoms with E-state index < -0.39 is 12.1 Å². The van der Waals surface area contributed by atoms with Gasteiger partial charge < -0.3 is 10.2 Å². The average molecular weight is 413 g/mol. The van der Waals surface area contributed by atoms with E-state index in [2.05, 4.69) is 18.2 Å². The molecule has 2 N–H and O–H groups in total.